The largest absolute Gasteiger partial charge is 0.480 e. The van der Waals surface area contributed by atoms with Crippen LogP contribution in [0.15, 0.2) is 12.1 Å². The van der Waals surface area contributed by atoms with Crippen molar-refractivity contribution in [2.45, 2.75) is 18.9 Å². The summed E-state index contributed by atoms with van der Waals surface area (Å²) in [6, 6.07) is 0.543. The van der Waals surface area contributed by atoms with Crippen LogP contribution in [0, 0.1) is 5.82 Å². The van der Waals surface area contributed by atoms with E-state index in [4.69, 9.17) is 28.3 Å². The van der Waals surface area contributed by atoms with E-state index in [9.17, 15) is 14.0 Å². The van der Waals surface area contributed by atoms with Crippen molar-refractivity contribution in [3.63, 3.8) is 0 Å². The molecule has 1 saturated heterocycles. The number of nitrogens with one attached hydrogen (secondary N) is 1. The summed E-state index contributed by atoms with van der Waals surface area (Å²) in [5, 5.41) is 11.4. The highest BCUT2D eigenvalue weighted by Gasteiger charge is 2.34. The molecule has 20 heavy (non-hydrogen) atoms. The molecule has 0 aliphatic carbocycles. The van der Waals surface area contributed by atoms with Crippen LogP contribution in [0.25, 0.3) is 0 Å². The van der Waals surface area contributed by atoms with Gasteiger partial charge in [0.2, 0.25) is 0 Å². The lowest BCUT2D eigenvalue weighted by molar-refractivity contribution is -0.141. The van der Waals surface area contributed by atoms with Gasteiger partial charge in [-0.3, -0.25) is 0 Å². The number of aliphatic carboxylic acids is 1. The SMILES string of the molecule is O=C(O)[C@H]1CCCN1C(=O)Nc1c(Cl)cc(F)cc1Cl. The highest BCUT2D eigenvalue weighted by molar-refractivity contribution is 6.39. The van der Waals surface area contributed by atoms with Crippen LogP contribution in [-0.2, 0) is 4.79 Å². The van der Waals surface area contributed by atoms with Crippen LogP contribution < -0.4 is 5.32 Å². The summed E-state index contributed by atoms with van der Waals surface area (Å²) in [6.07, 6.45) is 1.00. The molecule has 1 heterocycles. The lowest BCUT2D eigenvalue weighted by Crippen LogP contribution is -2.42. The van der Waals surface area contributed by atoms with Gasteiger partial charge in [-0.1, -0.05) is 23.2 Å². The van der Waals surface area contributed by atoms with Crippen molar-refractivity contribution in [3.8, 4) is 0 Å². The minimum atomic E-state index is -1.06. The lowest BCUT2D eigenvalue weighted by atomic mass is 10.2. The van der Waals surface area contributed by atoms with Gasteiger partial charge in [-0.15, -0.1) is 0 Å². The molecule has 1 aliphatic rings. The first-order valence-corrected chi connectivity index (χ1v) is 6.60. The first kappa shape index (κ1) is 14.9. The topological polar surface area (TPSA) is 69.6 Å². The lowest BCUT2D eigenvalue weighted by Gasteiger charge is -2.22. The van der Waals surface area contributed by atoms with Gasteiger partial charge in [-0.2, -0.15) is 0 Å². The van der Waals surface area contributed by atoms with Crippen LogP contribution in [0.3, 0.4) is 0 Å². The average molecular weight is 321 g/mol. The van der Waals surface area contributed by atoms with Gasteiger partial charge >= 0.3 is 12.0 Å². The summed E-state index contributed by atoms with van der Waals surface area (Å²) in [6.45, 7) is 0.333. The Bertz CT molecular complexity index is 545. The van der Waals surface area contributed by atoms with Crippen LogP contribution in [-0.4, -0.2) is 34.6 Å². The first-order valence-electron chi connectivity index (χ1n) is 5.85. The fraction of sp³-hybridized carbons (Fsp3) is 0.333. The van der Waals surface area contributed by atoms with Gasteiger partial charge in [0.05, 0.1) is 15.7 Å². The van der Waals surface area contributed by atoms with Crippen molar-refractivity contribution in [2.75, 3.05) is 11.9 Å². The standard InChI is InChI=1S/C12H11Cl2FN2O3/c13-7-4-6(15)5-8(14)10(7)16-12(20)17-3-1-2-9(17)11(18)19/h4-5,9H,1-3H2,(H,16,20)(H,18,19)/t9-/m1/s1. The predicted molar refractivity (Wildman–Crippen MR) is 72.8 cm³/mol. The average Bonchev–Trinajstić information content (AvgIpc) is 2.82. The number of nitrogens with zero attached hydrogens (tertiary/aromatic N) is 1. The molecule has 0 unspecified atom stereocenters. The fourth-order valence-electron chi connectivity index (χ4n) is 2.11. The summed E-state index contributed by atoms with van der Waals surface area (Å²) < 4.78 is 13.0. The van der Waals surface area contributed by atoms with E-state index in [0.29, 0.717) is 19.4 Å². The van der Waals surface area contributed by atoms with Crippen molar-refractivity contribution in [1.82, 2.24) is 4.90 Å². The monoisotopic (exact) mass is 320 g/mol. The van der Waals surface area contributed by atoms with Gasteiger partial charge in [-0.05, 0) is 25.0 Å². The number of amides is 2. The molecule has 1 atom stereocenters. The molecule has 8 heteroatoms. The number of urea groups is 1. The maximum absolute atomic E-state index is 13.0. The van der Waals surface area contributed by atoms with E-state index in [1.807, 2.05) is 0 Å². The normalized spacial score (nSPS) is 18.1. The van der Waals surface area contributed by atoms with E-state index >= 15 is 0 Å². The molecular weight excluding hydrogens is 310 g/mol. The third kappa shape index (κ3) is 2.96. The highest BCUT2D eigenvalue weighted by Crippen LogP contribution is 2.32. The van der Waals surface area contributed by atoms with Crippen LogP contribution in [0.2, 0.25) is 10.0 Å². The highest BCUT2D eigenvalue weighted by atomic mass is 35.5. The van der Waals surface area contributed by atoms with E-state index in [2.05, 4.69) is 5.32 Å². The molecule has 1 aromatic carbocycles. The number of carboxylic acid groups (broad SMARTS) is 1. The van der Waals surface area contributed by atoms with Crippen LogP contribution in [0.5, 0.6) is 0 Å². The van der Waals surface area contributed by atoms with E-state index in [0.717, 1.165) is 12.1 Å². The molecule has 2 N–H and O–H groups in total. The zero-order chi connectivity index (χ0) is 14.9. The van der Waals surface area contributed by atoms with Crippen LogP contribution >= 0.6 is 23.2 Å². The summed E-state index contributed by atoms with van der Waals surface area (Å²) in [5.41, 5.74) is 0.0655. The van der Waals surface area contributed by atoms with Gasteiger partial charge in [-0.25, -0.2) is 14.0 Å². The van der Waals surface area contributed by atoms with Gasteiger partial charge in [0.25, 0.3) is 0 Å². The molecule has 1 fully saturated rings. The number of carboxylic acids is 1. The molecule has 0 saturated carbocycles. The minimum absolute atomic E-state index is 0.0468. The zero-order valence-electron chi connectivity index (χ0n) is 10.2. The van der Waals surface area contributed by atoms with Crippen LogP contribution in [0.4, 0.5) is 14.9 Å². The van der Waals surface area contributed by atoms with Crippen molar-refractivity contribution >= 4 is 40.9 Å². The molecule has 0 bridgehead atoms. The number of carbonyl (C=O) groups excluding carboxylic acids is 1. The van der Waals surface area contributed by atoms with Gasteiger partial charge < -0.3 is 15.3 Å². The van der Waals surface area contributed by atoms with Crippen molar-refractivity contribution in [2.24, 2.45) is 0 Å². The number of halogens is 3. The number of anilines is 1. The maximum Gasteiger partial charge on any atom is 0.326 e. The molecule has 0 aromatic heterocycles. The quantitative estimate of drug-likeness (QED) is 0.879. The van der Waals surface area contributed by atoms with E-state index in [1.54, 1.807) is 0 Å². The molecule has 1 aliphatic heterocycles. The van der Waals surface area contributed by atoms with E-state index in [-0.39, 0.29) is 15.7 Å². The number of benzene rings is 1. The number of hydrogen-bond donors (Lipinski definition) is 2. The Morgan fingerprint density at radius 3 is 2.50 bits per heavy atom. The Morgan fingerprint density at radius 1 is 1.35 bits per heavy atom. The summed E-state index contributed by atoms with van der Waals surface area (Å²) in [4.78, 5) is 24.3. The van der Waals surface area contributed by atoms with Crippen molar-refractivity contribution < 1.29 is 19.1 Å². The molecule has 0 radical (unpaired) electrons. The smallest absolute Gasteiger partial charge is 0.326 e. The number of likely N-dealkylation sites (tertiary alicyclic amines) is 1. The first-order chi connectivity index (χ1) is 9.40. The molecule has 5 nitrogen and oxygen atoms in total. The predicted octanol–water partition coefficient (Wildman–Crippen LogP) is 3.21. The maximum atomic E-state index is 13.0. The summed E-state index contributed by atoms with van der Waals surface area (Å²) >= 11 is 11.6. The van der Waals surface area contributed by atoms with Crippen LogP contribution in [0.1, 0.15) is 12.8 Å². The number of rotatable bonds is 2. The molecule has 2 rings (SSSR count). The van der Waals surface area contributed by atoms with E-state index < -0.39 is 23.9 Å². The minimum Gasteiger partial charge on any atom is -0.480 e. The second-order valence-corrected chi connectivity index (χ2v) is 5.18. The van der Waals surface area contributed by atoms with Crippen molar-refractivity contribution in [3.05, 3.63) is 28.0 Å². The molecule has 0 spiro atoms. The van der Waals surface area contributed by atoms with E-state index in [1.165, 1.54) is 4.90 Å². The molecular formula is C12H11Cl2FN2O3. The second-order valence-electron chi connectivity index (χ2n) is 4.36. The fourth-order valence-corrected chi connectivity index (χ4v) is 2.66. The Balaban J connectivity index is 2.18. The summed E-state index contributed by atoms with van der Waals surface area (Å²) in [5.74, 6) is -1.68. The number of carbonyl (C=O) groups is 2. The Kier molecular flexibility index (Phi) is 4.35. The second kappa shape index (κ2) is 5.85. The van der Waals surface area contributed by atoms with Gasteiger partial charge in [0.1, 0.15) is 11.9 Å². The molecule has 108 valence electrons. The zero-order valence-corrected chi connectivity index (χ0v) is 11.7. The van der Waals surface area contributed by atoms with Crippen molar-refractivity contribution in [1.29, 1.82) is 0 Å². The Hall–Kier alpha value is -1.53. The third-order valence-electron chi connectivity index (χ3n) is 3.04. The van der Waals surface area contributed by atoms with Gasteiger partial charge in [0.15, 0.2) is 0 Å². The third-order valence-corrected chi connectivity index (χ3v) is 3.63. The van der Waals surface area contributed by atoms with Gasteiger partial charge in [0, 0.05) is 6.54 Å². The molecule has 2 amide bonds. The Labute approximate surface area is 124 Å². The molecule has 1 aromatic rings. The Morgan fingerprint density at radius 2 is 1.95 bits per heavy atom. The summed E-state index contributed by atoms with van der Waals surface area (Å²) in [7, 11) is 0. The number of hydrogen-bond acceptors (Lipinski definition) is 2.